The van der Waals surface area contributed by atoms with Gasteiger partial charge >= 0.3 is 0 Å². The third kappa shape index (κ3) is 2.73. The summed E-state index contributed by atoms with van der Waals surface area (Å²) in [6.07, 6.45) is 3.24. The summed E-state index contributed by atoms with van der Waals surface area (Å²) in [6, 6.07) is 7.25. The summed E-state index contributed by atoms with van der Waals surface area (Å²) in [5.41, 5.74) is 1.31. The normalized spacial score (nSPS) is 22.5. The summed E-state index contributed by atoms with van der Waals surface area (Å²) in [4.78, 5) is 12.1. The van der Waals surface area contributed by atoms with E-state index >= 15 is 0 Å². The largest absolute Gasteiger partial charge is 0.325 e. The lowest BCUT2D eigenvalue weighted by Gasteiger charge is -2.15. The molecule has 18 heavy (non-hydrogen) atoms. The number of halogens is 1. The Bertz CT molecular complexity index is 507. The summed E-state index contributed by atoms with van der Waals surface area (Å²) < 4.78 is 0.751. The first kappa shape index (κ1) is 13.1. The molecule has 4 heteroatoms. The van der Waals surface area contributed by atoms with Crippen molar-refractivity contribution in [1.82, 2.24) is 0 Å². The van der Waals surface area contributed by atoms with E-state index in [-0.39, 0.29) is 11.8 Å². The van der Waals surface area contributed by atoms with Crippen molar-refractivity contribution in [3.63, 3.8) is 0 Å². The van der Waals surface area contributed by atoms with Crippen LogP contribution in [0.4, 0.5) is 5.69 Å². The quantitative estimate of drug-likeness (QED) is 0.906. The Morgan fingerprint density at radius 1 is 1.50 bits per heavy atom. The van der Waals surface area contributed by atoms with Crippen molar-refractivity contribution in [1.29, 1.82) is 5.26 Å². The summed E-state index contributed by atoms with van der Waals surface area (Å²) in [5, 5.41) is 11.7. The molecule has 3 nitrogen and oxygen atoms in total. The second-order valence-corrected chi connectivity index (χ2v) is 5.66. The minimum atomic E-state index is 0.0883. The van der Waals surface area contributed by atoms with Gasteiger partial charge in [0.15, 0.2) is 0 Å². The molecule has 0 radical (unpaired) electrons. The van der Waals surface area contributed by atoms with E-state index in [1.165, 1.54) is 0 Å². The molecule has 2 rings (SSSR count). The Kier molecular flexibility index (Phi) is 4.03. The van der Waals surface area contributed by atoms with Gasteiger partial charge in [0.05, 0.1) is 17.3 Å². The molecule has 1 saturated carbocycles. The van der Waals surface area contributed by atoms with Crippen LogP contribution in [0.1, 0.15) is 31.7 Å². The predicted molar refractivity (Wildman–Crippen MR) is 74.0 cm³/mol. The highest BCUT2D eigenvalue weighted by Gasteiger charge is 2.29. The maximum Gasteiger partial charge on any atom is 0.227 e. The molecule has 0 aliphatic heterocycles. The van der Waals surface area contributed by atoms with E-state index in [1.54, 1.807) is 18.2 Å². The zero-order chi connectivity index (χ0) is 13.1. The maximum atomic E-state index is 12.1. The van der Waals surface area contributed by atoms with Gasteiger partial charge in [-0.2, -0.15) is 5.26 Å². The highest BCUT2D eigenvalue weighted by atomic mass is 79.9. The van der Waals surface area contributed by atoms with E-state index in [4.69, 9.17) is 5.26 Å². The van der Waals surface area contributed by atoms with Crippen LogP contribution in [0.15, 0.2) is 22.7 Å². The molecule has 1 aromatic carbocycles. The Morgan fingerprint density at radius 2 is 2.28 bits per heavy atom. The van der Waals surface area contributed by atoms with Crippen LogP contribution in [0, 0.1) is 23.2 Å². The first-order chi connectivity index (χ1) is 8.61. The highest BCUT2D eigenvalue weighted by Crippen LogP contribution is 2.33. The highest BCUT2D eigenvalue weighted by molar-refractivity contribution is 9.10. The van der Waals surface area contributed by atoms with E-state index in [0.717, 1.165) is 29.4 Å². The van der Waals surface area contributed by atoms with Gasteiger partial charge < -0.3 is 5.32 Å². The average Bonchev–Trinajstić information content (AvgIpc) is 2.78. The van der Waals surface area contributed by atoms with E-state index in [0.29, 0.717) is 11.5 Å². The maximum absolute atomic E-state index is 12.1. The minimum Gasteiger partial charge on any atom is -0.325 e. The lowest BCUT2D eigenvalue weighted by Crippen LogP contribution is -2.24. The zero-order valence-electron chi connectivity index (χ0n) is 10.2. The third-order valence-electron chi connectivity index (χ3n) is 3.55. The van der Waals surface area contributed by atoms with Crippen molar-refractivity contribution in [2.45, 2.75) is 26.2 Å². The molecular weight excluding hydrogens is 292 g/mol. The molecule has 1 aliphatic rings. The van der Waals surface area contributed by atoms with Crippen LogP contribution in [-0.2, 0) is 4.79 Å². The van der Waals surface area contributed by atoms with Gasteiger partial charge in [-0.05, 0) is 52.9 Å². The minimum absolute atomic E-state index is 0.0883. The molecule has 0 spiro atoms. The number of nitrogens with one attached hydrogen (secondary N) is 1. The monoisotopic (exact) mass is 306 g/mol. The van der Waals surface area contributed by atoms with Crippen molar-refractivity contribution in [3.05, 3.63) is 28.2 Å². The first-order valence-corrected chi connectivity index (χ1v) is 6.91. The molecule has 0 heterocycles. The molecule has 2 unspecified atom stereocenters. The molecule has 0 aromatic heterocycles. The van der Waals surface area contributed by atoms with E-state index < -0.39 is 0 Å². The fourth-order valence-corrected chi connectivity index (χ4v) is 2.92. The Labute approximate surface area is 115 Å². The molecule has 94 valence electrons. The van der Waals surface area contributed by atoms with Gasteiger partial charge in [0, 0.05) is 10.4 Å². The zero-order valence-corrected chi connectivity index (χ0v) is 11.8. The number of anilines is 1. The van der Waals surface area contributed by atoms with Crippen molar-refractivity contribution in [2.24, 2.45) is 11.8 Å². The van der Waals surface area contributed by atoms with Gasteiger partial charge in [-0.3, -0.25) is 4.79 Å². The molecule has 1 fully saturated rings. The molecule has 0 saturated heterocycles. The predicted octanol–water partition coefficient (Wildman–Crippen LogP) is 3.70. The van der Waals surface area contributed by atoms with Crippen LogP contribution in [0.2, 0.25) is 0 Å². The molecule has 2 atom stereocenters. The lowest BCUT2D eigenvalue weighted by atomic mass is 9.97. The average molecular weight is 307 g/mol. The Hall–Kier alpha value is -1.34. The summed E-state index contributed by atoms with van der Waals surface area (Å²) in [6.45, 7) is 2.13. The van der Waals surface area contributed by atoms with Crippen LogP contribution in [0.25, 0.3) is 0 Å². The first-order valence-electron chi connectivity index (χ1n) is 6.12. The van der Waals surface area contributed by atoms with Crippen molar-refractivity contribution in [3.8, 4) is 6.07 Å². The molecular formula is C14H15BrN2O. The third-order valence-corrected chi connectivity index (χ3v) is 4.21. The van der Waals surface area contributed by atoms with Crippen LogP contribution < -0.4 is 5.32 Å². The second kappa shape index (κ2) is 5.53. The fourth-order valence-electron chi connectivity index (χ4n) is 2.45. The number of carbonyl (C=O) groups excluding carboxylic acids is 1. The van der Waals surface area contributed by atoms with Crippen molar-refractivity contribution in [2.75, 3.05) is 5.32 Å². The Balaban J connectivity index is 2.10. The lowest BCUT2D eigenvalue weighted by molar-refractivity contribution is -0.120. The van der Waals surface area contributed by atoms with Gasteiger partial charge in [0.25, 0.3) is 0 Å². The van der Waals surface area contributed by atoms with Gasteiger partial charge in [0.1, 0.15) is 0 Å². The number of rotatable bonds is 2. The van der Waals surface area contributed by atoms with Crippen LogP contribution in [0.3, 0.4) is 0 Å². The number of amides is 1. The number of hydrogen-bond donors (Lipinski definition) is 1. The number of nitriles is 1. The fraction of sp³-hybridized carbons (Fsp3) is 0.429. The Morgan fingerprint density at radius 3 is 2.83 bits per heavy atom. The van der Waals surface area contributed by atoms with Crippen LogP contribution in [-0.4, -0.2) is 5.91 Å². The smallest absolute Gasteiger partial charge is 0.227 e. The van der Waals surface area contributed by atoms with Crippen molar-refractivity contribution >= 4 is 27.5 Å². The summed E-state index contributed by atoms with van der Waals surface area (Å²) in [5.74, 6) is 0.667. The number of nitrogens with zero attached hydrogens (tertiary/aromatic N) is 1. The van der Waals surface area contributed by atoms with E-state index in [2.05, 4.69) is 34.2 Å². The van der Waals surface area contributed by atoms with Gasteiger partial charge in [-0.15, -0.1) is 0 Å². The number of hydrogen-bond acceptors (Lipinski definition) is 2. The molecule has 1 amide bonds. The molecule has 0 bridgehead atoms. The van der Waals surface area contributed by atoms with E-state index in [1.807, 2.05) is 0 Å². The second-order valence-electron chi connectivity index (χ2n) is 4.81. The van der Waals surface area contributed by atoms with Gasteiger partial charge in [0.2, 0.25) is 5.91 Å². The van der Waals surface area contributed by atoms with E-state index in [9.17, 15) is 4.79 Å². The summed E-state index contributed by atoms with van der Waals surface area (Å²) in [7, 11) is 0. The topological polar surface area (TPSA) is 52.9 Å². The number of benzene rings is 1. The van der Waals surface area contributed by atoms with Crippen molar-refractivity contribution < 1.29 is 4.79 Å². The SMILES string of the molecule is CC1CCCC1C(=O)Nc1ccc(C#N)cc1Br. The molecule has 1 aliphatic carbocycles. The molecule has 1 N–H and O–H groups in total. The van der Waals surface area contributed by atoms with Crippen LogP contribution in [0.5, 0.6) is 0 Å². The molecule has 1 aromatic rings. The standard InChI is InChI=1S/C14H15BrN2O/c1-9-3-2-4-11(9)14(18)17-13-6-5-10(8-16)7-12(13)15/h5-7,9,11H,2-4H2,1H3,(H,17,18). The van der Waals surface area contributed by atoms with Gasteiger partial charge in [-0.1, -0.05) is 13.3 Å². The van der Waals surface area contributed by atoms with Crippen LogP contribution >= 0.6 is 15.9 Å². The summed E-state index contributed by atoms with van der Waals surface area (Å²) >= 11 is 3.37. The van der Waals surface area contributed by atoms with Gasteiger partial charge in [-0.25, -0.2) is 0 Å². The number of carbonyl (C=O) groups is 1.